The molecule has 0 spiro atoms. The fourth-order valence-corrected chi connectivity index (χ4v) is 5.28. The number of thiazole rings is 1. The first-order valence-electron chi connectivity index (χ1n) is 11.8. The average molecular weight is 484 g/mol. The van der Waals surface area contributed by atoms with Crippen LogP contribution in [0.5, 0.6) is 5.75 Å². The molecule has 2 atom stereocenters. The highest BCUT2D eigenvalue weighted by atomic mass is 32.1. The number of likely N-dealkylation sites (tertiary alicyclic amines) is 2. The van der Waals surface area contributed by atoms with Gasteiger partial charge in [0.05, 0.1) is 6.61 Å². The van der Waals surface area contributed by atoms with Crippen LogP contribution in [0, 0.1) is 12.8 Å². The number of amides is 3. The lowest BCUT2D eigenvalue weighted by Crippen LogP contribution is -2.47. The van der Waals surface area contributed by atoms with Gasteiger partial charge in [0.2, 0.25) is 5.91 Å². The molecule has 182 valence electrons. The molecule has 0 bridgehead atoms. The summed E-state index contributed by atoms with van der Waals surface area (Å²) in [4.78, 5) is 32.8. The molecular formula is C25H33N5O3S. The van der Waals surface area contributed by atoms with Crippen molar-refractivity contribution < 1.29 is 14.3 Å². The number of hydrogen-bond donors (Lipinski definition) is 2. The number of nitrogens with zero attached hydrogens (tertiary/aromatic N) is 3. The molecule has 34 heavy (non-hydrogen) atoms. The minimum Gasteiger partial charge on any atom is -0.493 e. The minimum absolute atomic E-state index is 0.0144. The van der Waals surface area contributed by atoms with Gasteiger partial charge in [-0.25, -0.2) is 9.78 Å². The van der Waals surface area contributed by atoms with E-state index < -0.39 is 0 Å². The fraction of sp³-hybridized carbons (Fsp3) is 0.480. The highest BCUT2D eigenvalue weighted by Crippen LogP contribution is 2.30. The van der Waals surface area contributed by atoms with Gasteiger partial charge >= 0.3 is 6.03 Å². The summed E-state index contributed by atoms with van der Waals surface area (Å²) in [5.41, 5.74) is 2.01. The normalized spacial score (nSPS) is 20.7. The summed E-state index contributed by atoms with van der Waals surface area (Å²) < 4.78 is 6.06. The van der Waals surface area contributed by atoms with Gasteiger partial charge in [0, 0.05) is 42.5 Å². The highest BCUT2D eigenvalue weighted by molar-refractivity contribution is 7.13. The summed E-state index contributed by atoms with van der Waals surface area (Å²) in [6.07, 6.45) is 4.40. The summed E-state index contributed by atoms with van der Waals surface area (Å²) >= 11 is 1.50. The SMILES string of the molecule is C=CC(=O)N1CC[C@@H](COc2ccc(-c3nc(NC(=O)N[C@H]4CCCN(C)C4)cs3)cc2C)C1. The van der Waals surface area contributed by atoms with Crippen LogP contribution in [0.3, 0.4) is 0 Å². The topological polar surface area (TPSA) is 86.8 Å². The molecule has 3 heterocycles. The maximum absolute atomic E-state index is 12.4. The third-order valence-corrected chi connectivity index (χ3v) is 7.27. The molecule has 2 aromatic rings. The third-order valence-electron chi connectivity index (χ3n) is 6.37. The minimum atomic E-state index is -0.211. The highest BCUT2D eigenvalue weighted by Gasteiger charge is 2.25. The van der Waals surface area contributed by atoms with Crippen molar-refractivity contribution in [3.05, 3.63) is 41.8 Å². The number of aromatic nitrogens is 1. The molecule has 2 N–H and O–H groups in total. The van der Waals surface area contributed by atoms with E-state index in [0.717, 1.165) is 60.8 Å². The zero-order valence-corrected chi connectivity index (χ0v) is 20.7. The number of nitrogens with one attached hydrogen (secondary N) is 2. The van der Waals surface area contributed by atoms with Crippen LogP contribution >= 0.6 is 11.3 Å². The van der Waals surface area contributed by atoms with E-state index in [9.17, 15) is 9.59 Å². The molecule has 0 radical (unpaired) electrons. The van der Waals surface area contributed by atoms with Crippen molar-refractivity contribution in [2.75, 3.05) is 45.2 Å². The fourth-order valence-electron chi connectivity index (χ4n) is 4.54. The zero-order valence-electron chi connectivity index (χ0n) is 19.9. The summed E-state index contributed by atoms with van der Waals surface area (Å²) in [6.45, 7) is 9.57. The molecule has 2 fully saturated rings. The second-order valence-corrected chi connectivity index (χ2v) is 10.0. The van der Waals surface area contributed by atoms with Crippen molar-refractivity contribution in [2.24, 2.45) is 5.92 Å². The van der Waals surface area contributed by atoms with Crippen LogP contribution in [0.1, 0.15) is 24.8 Å². The summed E-state index contributed by atoms with van der Waals surface area (Å²) in [5, 5.41) is 8.61. The molecule has 9 heteroatoms. The summed E-state index contributed by atoms with van der Waals surface area (Å²) in [7, 11) is 2.07. The smallest absolute Gasteiger partial charge is 0.320 e. The second-order valence-electron chi connectivity index (χ2n) is 9.17. The maximum Gasteiger partial charge on any atom is 0.320 e. The summed E-state index contributed by atoms with van der Waals surface area (Å²) in [6, 6.07) is 5.97. The van der Waals surface area contributed by atoms with Crippen LogP contribution in [-0.2, 0) is 4.79 Å². The first-order valence-corrected chi connectivity index (χ1v) is 12.7. The second kappa shape index (κ2) is 11.0. The van der Waals surface area contributed by atoms with Crippen molar-refractivity contribution in [1.82, 2.24) is 20.1 Å². The largest absolute Gasteiger partial charge is 0.493 e. The van der Waals surface area contributed by atoms with Crippen molar-refractivity contribution in [3.63, 3.8) is 0 Å². The number of likely N-dealkylation sites (N-methyl/N-ethyl adjacent to an activating group) is 1. The van der Waals surface area contributed by atoms with Crippen LogP contribution in [0.25, 0.3) is 10.6 Å². The third kappa shape index (κ3) is 6.15. The van der Waals surface area contributed by atoms with E-state index in [-0.39, 0.29) is 18.0 Å². The van der Waals surface area contributed by atoms with Gasteiger partial charge in [-0.1, -0.05) is 6.58 Å². The molecule has 8 nitrogen and oxygen atoms in total. The van der Waals surface area contributed by atoms with Gasteiger partial charge in [0.1, 0.15) is 16.6 Å². The lowest BCUT2D eigenvalue weighted by atomic mass is 10.1. The van der Waals surface area contributed by atoms with Gasteiger partial charge in [0.25, 0.3) is 0 Å². The van der Waals surface area contributed by atoms with Crippen LogP contribution in [0.15, 0.2) is 36.2 Å². The van der Waals surface area contributed by atoms with Crippen LogP contribution in [0.4, 0.5) is 10.6 Å². The number of benzene rings is 1. The van der Waals surface area contributed by atoms with Crippen molar-refractivity contribution in [2.45, 2.75) is 32.2 Å². The van der Waals surface area contributed by atoms with Crippen molar-refractivity contribution >= 4 is 29.1 Å². The molecule has 0 unspecified atom stereocenters. The first-order chi connectivity index (χ1) is 16.4. The van der Waals surface area contributed by atoms with Gasteiger partial charge in [-0.05, 0) is 69.6 Å². The zero-order chi connectivity index (χ0) is 24.1. The van der Waals surface area contributed by atoms with Crippen molar-refractivity contribution in [1.29, 1.82) is 0 Å². The number of piperidine rings is 1. The maximum atomic E-state index is 12.4. The van der Waals surface area contributed by atoms with E-state index in [1.165, 1.54) is 17.4 Å². The Morgan fingerprint density at radius 1 is 1.29 bits per heavy atom. The summed E-state index contributed by atoms with van der Waals surface area (Å²) in [5.74, 6) is 1.71. The standard InChI is InChI=1S/C25H33N5O3S/c1-4-23(31)30-11-9-18(13-30)15-33-21-8-7-19(12-17(21)2)24-27-22(16-34-24)28-25(32)26-20-6-5-10-29(3)14-20/h4,7-8,12,16,18,20H,1,5-6,9-11,13-15H2,2-3H3,(H2,26,28,32)/t18-,20+/m1/s1. The van der Waals surface area contributed by atoms with Gasteiger partial charge in [0.15, 0.2) is 0 Å². The lowest BCUT2D eigenvalue weighted by Gasteiger charge is -2.30. The van der Waals surface area contributed by atoms with E-state index in [1.54, 1.807) is 0 Å². The van der Waals surface area contributed by atoms with Crippen LogP contribution < -0.4 is 15.4 Å². The molecule has 2 saturated heterocycles. The number of carbonyl (C=O) groups is 2. The predicted octanol–water partition coefficient (Wildman–Crippen LogP) is 3.75. The molecule has 1 aromatic carbocycles. The quantitative estimate of drug-likeness (QED) is 0.586. The lowest BCUT2D eigenvalue weighted by molar-refractivity contribution is -0.125. The van der Waals surface area contributed by atoms with Gasteiger partial charge in [-0.2, -0.15) is 0 Å². The van der Waals surface area contributed by atoms with E-state index in [1.807, 2.05) is 29.3 Å². The number of carbonyl (C=O) groups excluding carboxylic acids is 2. The van der Waals surface area contributed by atoms with E-state index >= 15 is 0 Å². The Balaban J connectivity index is 1.29. The van der Waals surface area contributed by atoms with Gasteiger partial charge in [-0.15, -0.1) is 11.3 Å². The van der Waals surface area contributed by atoms with Crippen molar-refractivity contribution in [3.8, 4) is 16.3 Å². The van der Waals surface area contributed by atoms with Crippen LogP contribution in [-0.4, -0.2) is 72.6 Å². The number of anilines is 1. The predicted molar refractivity (Wildman–Crippen MR) is 135 cm³/mol. The number of ether oxygens (including phenoxy) is 1. The molecule has 0 aliphatic carbocycles. The Bertz CT molecular complexity index is 1040. The van der Waals surface area contributed by atoms with Gasteiger partial charge in [-0.3, -0.25) is 10.1 Å². The van der Waals surface area contributed by atoms with E-state index in [2.05, 4.69) is 40.2 Å². The molecular weight excluding hydrogens is 450 g/mol. The molecule has 0 saturated carbocycles. The Labute approximate surface area is 205 Å². The Morgan fingerprint density at radius 3 is 2.91 bits per heavy atom. The first kappa shape index (κ1) is 24.2. The number of aryl methyl sites for hydroxylation is 1. The monoisotopic (exact) mass is 483 g/mol. The molecule has 2 aliphatic heterocycles. The Hall–Kier alpha value is -2.91. The number of urea groups is 1. The van der Waals surface area contributed by atoms with Gasteiger partial charge < -0.3 is 19.9 Å². The molecule has 3 amide bonds. The molecule has 1 aromatic heterocycles. The number of hydrogen-bond acceptors (Lipinski definition) is 6. The van der Waals surface area contributed by atoms with E-state index in [4.69, 9.17) is 4.74 Å². The Kier molecular flexibility index (Phi) is 7.84. The van der Waals surface area contributed by atoms with E-state index in [0.29, 0.717) is 24.9 Å². The Morgan fingerprint density at radius 2 is 2.15 bits per heavy atom. The average Bonchev–Trinajstić information content (AvgIpc) is 3.47. The number of rotatable bonds is 7. The molecule has 2 aliphatic rings. The van der Waals surface area contributed by atoms with Crippen LogP contribution in [0.2, 0.25) is 0 Å². The molecule has 4 rings (SSSR count).